The van der Waals surface area contributed by atoms with E-state index in [9.17, 15) is 15.3 Å². The third-order valence-electron chi connectivity index (χ3n) is 5.96. The van der Waals surface area contributed by atoms with Crippen molar-refractivity contribution >= 4 is 29.4 Å². The summed E-state index contributed by atoms with van der Waals surface area (Å²) in [7, 11) is 0. The molecule has 1 aliphatic rings. The first-order chi connectivity index (χ1) is 17.4. The van der Waals surface area contributed by atoms with Crippen molar-refractivity contribution in [3.63, 3.8) is 0 Å². The maximum absolute atomic E-state index is 12.6. The average Bonchev–Trinajstić information content (AvgIpc) is 3.36. The van der Waals surface area contributed by atoms with Crippen LogP contribution in [-0.4, -0.2) is 35.0 Å². The molecule has 3 aromatic rings. The fourth-order valence-electron chi connectivity index (χ4n) is 4.04. The van der Waals surface area contributed by atoms with Crippen molar-refractivity contribution in [1.82, 2.24) is 10.3 Å². The van der Waals surface area contributed by atoms with E-state index < -0.39 is 0 Å². The van der Waals surface area contributed by atoms with Gasteiger partial charge in [-0.3, -0.25) is 14.6 Å². The molecule has 1 aromatic carbocycles. The summed E-state index contributed by atoms with van der Waals surface area (Å²) >= 11 is 1.07. The third-order valence-corrected chi connectivity index (χ3v) is 6.94. The number of aromatic nitrogens is 3. The number of anilines is 2. The van der Waals surface area contributed by atoms with Crippen LogP contribution < -0.4 is 20.9 Å². The Morgan fingerprint density at radius 1 is 1.19 bits per heavy atom. The van der Waals surface area contributed by atoms with Crippen molar-refractivity contribution in [1.29, 1.82) is 10.5 Å². The molecular formula is C25H27N8O2S+. The SMILES string of the molecule is CC(C)c1ccc(-c2c(C#N)c(N)nc(SCC(=O)Nc3c[n+](N4CCCCC4)no3)c2C#N)cc1. The number of thioether (sulfide) groups is 1. The monoisotopic (exact) mass is 503 g/mol. The van der Waals surface area contributed by atoms with E-state index in [0.29, 0.717) is 17.0 Å². The molecule has 184 valence electrons. The predicted molar refractivity (Wildman–Crippen MR) is 135 cm³/mol. The Morgan fingerprint density at radius 3 is 2.53 bits per heavy atom. The molecule has 1 saturated heterocycles. The predicted octanol–water partition coefficient (Wildman–Crippen LogP) is 3.33. The van der Waals surface area contributed by atoms with Crippen molar-refractivity contribution in [3.05, 3.63) is 47.2 Å². The molecule has 0 saturated carbocycles. The van der Waals surface area contributed by atoms with E-state index in [1.807, 2.05) is 24.3 Å². The van der Waals surface area contributed by atoms with Gasteiger partial charge in [-0.05, 0) is 36.3 Å². The van der Waals surface area contributed by atoms with Crippen LogP contribution in [0.25, 0.3) is 11.1 Å². The fourth-order valence-corrected chi connectivity index (χ4v) is 4.84. The second-order valence-electron chi connectivity index (χ2n) is 8.77. The van der Waals surface area contributed by atoms with Crippen LogP contribution in [0.5, 0.6) is 0 Å². The molecule has 2 aromatic heterocycles. The minimum absolute atomic E-state index is 0.0140. The molecule has 0 unspecified atom stereocenters. The van der Waals surface area contributed by atoms with Crippen LogP contribution in [0.15, 0.2) is 40.0 Å². The standard InChI is InChI=1S/C25H26N8O2S/c1-16(2)17-6-8-18(9-7-17)23-19(12-26)24(28)30-25(20(23)13-27)36-15-21(34)29-22-14-33(31-35-22)32-10-4-3-5-11-32/h6-9,14,16H,3-5,10-11,15H2,1-2H3,(H2-,28,29,30,31,34)/p+1. The minimum atomic E-state index is -0.349. The van der Waals surface area contributed by atoms with Gasteiger partial charge in [0.25, 0.3) is 6.20 Å². The van der Waals surface area contributed by atoms with E-state index in [-0.39, 0.29) is 39.5 Å². The Bertz CT molecular complexity index is 1330. The van der Waals surface area contributed by atoms with Crippen LogP contribution in [0.1, 0.15) is 55.7 Å². The molecular weight excluding hydrogens is 476 g/mol. The Balaban J connectivity index is 1.52. The first kappa shape index (κ1) is 25.0. The number of carbonyl (C=O) groups excluding carboxylic acids is 1. The van der Waals surface area contributed by atoms with Gasteiger partial charge in [0.05, 0.1) is 29.2 Å². The Kier molecular flexibility index (Phi) is 7.71. The van der Waals surface area contributed by atoms with Gasteiger partial charge in [-0.25, -0.2) is 4.98 Å². The van der Waals surface area contributed by atoms with Crippen molar-refractivity contribution < 1.29 is 14.1 Å². The number of nitrogen functional groups attached to an aromatic ring is 1. The number of nitrogens with two attached hydrogens (primary N) is 1. The lowest BCUT2D eigenvalue weighted by molar-refractivity contribution is -0.759. The summed E-state index contributed by atoms with van der Waals surface area (Å²) < 4.78 is 5.24. The molecule has 11 heteroatoms. The Morgan fingerprint density at radius 2 is 1.89 bits per heavy atom. The molecule has 1 fully saturated rings. The van der Waals surface area contributed by atoms with Crippen LogP contribution >= 0.6 is 11.8 Å². The van der Waals surface area contributed by atoms with E-state index in [1.165, 1.54) is 6.42 Å². The van der Waals surface area contributed by atoms with Gasteiger partial charge in [-0.2, -0.15) is 15.5 Å². The largest absolute Gasteiger partial charge is 0.383 e. The van der Waals surface area contributed by atoms with Gasteiger partial charge in [0.1, 0.15) is 28.5 Å². The summed E-state index contributed by atoms with van der Waals surface area (Å²) in [5.41, 5.74) is 8.68. The van der Waals surface area contributed by atoms with Crippen molar-refractivity contribution in [3.8, 4) is 23.3 Å². The third kappa shape index (κ3) is 5.42. The smallest absolute Gasteiger partial charge is 0.305 e. The number of amides is 1. The Labute approximate surface area is 213 Å². The molecule has 3 N–H and O–H groups in total. The van der Waals surface area contributed by atoms with Gasteiger partial charge in [-0.15, -0.1) is 0 Å². The van der Waals surface area contributed by atoms with Crippen LogP contribution in [0, 0.1) is 22.7 Å². The molecule has 0 radical (unpaired) electrons. The van der Waals surface area contributed by atoms with Gasteiger partial charge >= 0.3 is 5.88 Å². The molecule has 0 bridgehead atoms. The second-order valence-corrected chi connectivity index (χ2v) is 9.73. The minimum Gasteiger partial charge on any atom is -0.383 e. The molecule has 0 spiro atoms. The second kappa shape index (κ2) is 11.1. The lowest BCUT2D eigenvalue weighted by atomic mass is 9.94. The highest BCUT2D eigenvalue weighted by Crippen LogP contribution is 2.36. The maximum Gasteiger partial charge on any atom is 0.305 e. The van der Waals surface area contributed by atoms with Gasteiger partial charge < -0.3 is 5.73 Å². The van der Waals surface area contributed by atoms with Crippen LogP contribution in [0.3, 0.4) is 0 Å². The average molecular weight is 504 g/mol. The van der Waals surface area contributed by atoms with E-state index in [4.69, 9.17) is 10.3 Å². The number of nitrogens with one attached hydrogen (secondary N) is 1. The summed E-state index contributed by atoms with van der Waals surface area (Å²) in [6.07, 6.45) is 5.00. The lowest BCUT2D eigenvalue weighted by Crippen LogP contribution is -2.60. The van der Waals surface area contributed by atoms with Gasteiger partial charge in [0.2, 0.25) is 11.2 Å². The van der Waals surface area contributed by atoms with E-state index in [0.717, 1.165) is 43.3 Å². The molecule has 10 nitrogen and oxygen atoms in total. The number of hydrogen-bond acceptors (Lipinski definition) is 9. The first-order valence-electron chi connectivity index (χ1n) is 11.7. The highest BCUT2D eigenvalue weighted by atomic mass is 32.2. The summed E-state index contributed by atoms with van der Waals surface area (Å²) in [4.78, 5) is 18.5. The topological polar surface area (TPSA) is 149 Å². The zero-order valence-corrected chi connectivity index (χ0v) is 21.0. The number of rotatable bonds is 7. The fraction of sp³-hybridized carbons (Fsp3) is 0.360. The summed E-state index contributed by atoms with van der Waals surface area (Å²) in [6.45, 7) is 5.94. The highest BCUT2D eigenvalue weighted by molar-refractivity contribution is 8.00. The van der Waals surface area contributed by atoms with Gasteiger partial charge in [0.15, 0.2) is 0 Å². The first-order valence-corrected chi connectivity index (χ1v) is 12.7. The summed E-state index contributed by atoms with van der Waals surface area (Å²) in [6, 6.07) is 11.9. The molecule has 3 heterocycles. The van der Waals surface area contributed by atoms with Crippen LogP contribution in [-0.2, 0) is 4.79 Å². The zero-order chi connectivity index (χ0) is 25.7. The van der Waals surface area contributed by atoms with Crippen molar-refractivity contribution in [2.75, 3.05) is 34.9 Å². The molecule has 1 aliphatic heterocycles. The molecule has 4 rings (SSSR count). The van der Waals surface area contributed by atoms with Crippen LogP contribution in [0.2, 0.25) is 0 Å². The molecule has 1 amide bonds. The number of benzene rings is 1. The van der Waals surface area contributed by atoms with Gasteiger partial charge in [0, 0.05) is 5.56 Å². The highest BCUT2D eigenvalue weighted by Gasteiger charge is 2.24. The number of piperidine rings is 1. The molecule has 0 aliphatic carbocycles. The maximum atomic E-state index is 12.6. The number of nitriles is 2. The number of pyridine rings is 1. The van der Waals surface area contributed by atoms with Gasteiger partial charge in [-0.1, -0.05) is 49.9 Å². The summed E-state index contributed by atoms with van der Waals surface area (Å²) in [5, 5.41) is 28.7. The number of hydrogen-bond donors (Lipinski definition) is 2. The molecule has 36 heavy (non-hydrogen) atoms. The normalized spacial score (nSPS) is 13.3. The quantitative estimate of drug-likeness (QED) is 0.366. The summed E-state index contributed by atoms with van der Waals surface area (Å²) in [5.74, 6) is 0.197. The zero-order valence-electron chi connectivity index (χ0n) is 20.2. The lowest BCUT2D eigenvalue weighted by Gasteiger charge is -2.17. The van der Waals surface area contributed by atoms with Crippen molar-refractivity contribution in [2.45, 2.75) is 44.1 Å². The number of carbonyl (C=O) groups is 1. The number of nitrogens with zero attached hydrogens (tertiary/aromatic N) is 6. The Hall–Kier alpha value is -4.09. The van der Waals surface area contributed by atoms with E-state index in [2.05, 4.69) is 46.6 Å². The molecule has 0 atom stereocenters. The van der Waals surface area contributed by atoms with Crippen molar-refractivity contribution in [2.24, 2.45) is 0 Å². The van der Waals surface area contributed by atoms with E-state index >= 15 is 0 Å². The van der Waals surface area contributed by atoms with Crippen LogP contribution in [0.4, 0.5) is 11.7 Å². The van der Waals surface area contributed by atoms with E-state index in [1.54, 1.807) is 11.0 Å².